The number of carbonyl (C=O) groups excluding carboxylic acids is 1. The van der Waals surface area contributed by atoms with E-state index in [0.717, 1.165) is 0 Å². The van der Waals surface area contributed by atoms with Crippen LogP contribution in [0.4, 0.5) is 4.39 Å². The number of nitrogens with one attached hydrogen (secondary N) is 1. The summed E-state index contributed by atoms with van der Waals surface area (Å²) in [6.45, 7) is 1.91. The van der Waals surface area contributed by atoms with E-state index in [1.807, 2.05) is 0 Å². The first kappa shape index (κ1) is 12.0. The maximum atomic E-state index is 12.7. The van der Waals surface area contributed by atoms with Crippen LogP contribution in [-0.4, -0.2) is 28.0 Å². The molecule has 0 radical (unpaired) electrons. The van der Waals surface area contributed by atoms with E-state index >= 15 is 0 Å². The third-order valence-corrected chi connectivity index (χ3v) is 2.02. The monoisotopic (exact) mass is 251 g/mol. The molecule has 94 valence electrons. The predicted molar refractivity (Wildman–Crippen MR) is 58.8 cm³/mol. The van der Waals surface area contributed by atoms with E-state index in [4.69, 9.17) is 9.47 Å². The first-order valence-corrected chi connectivity index (χ1v) is 5.22. The topological polar surface area (TPSA) is 77.1 Å². The number of esters is 1. The number of hydrogen-bond donors (Lipinski definition) is 1. The maximum absolute atomic E-state index is 12.7. The largest absolute Gasteiger partial charge is 0.461 e. The van der Waals surface area contributed by atoms with Gasteiger partial charge >= 0.3 is 5.97 Å². The summed E-state index contributed by atoms with van der Waals surface area (Å²) < 4.78 is 22.8. The SMILES string of the molecule is CCOC(=O)c1[nH]nnc1Oc1ccc(F)cc1. The number of hydrogen-bond acceptors (Lipinski definition) is 5. The first-order valence-electron chi connectivity index (χ1n) is 5.22. The molecule has 1 N–H and O–H groups in total. The second-order valence-corrected chi connectivity index (χ2v) is 3.27. The van der Waals surface area contributed by atoms with Crippen LogP contribution < -0.4 is 4.74 Å². The Morgan fingerprint density at radius 2 is 2.11 bits per heavy atom. The Kier molecular flexibility index (Phi) is 3.52. The van der Waals surface area contributed by atoms with E-state index in [1.165, 1.54) is 24.3 Å². The molecule has 0 amide bonds. The smallest absolute Gasteiger partial charge is 0.362 e. The average Bonchev–Trinajstić information content (AvgIpc) is 2.81. The summed E-state index contributed by atoms with van der Waals surface area (Å²) in [5.41, 5.74) is 0.0150. The second-order valence-electron chi connectivity index (χ2n) is 3.27. The molecule has 1 aromatic heterocycles. The molecule has 0 spiro atoms. The van der Waals surface area contributed by atoms with Gasteiger partial charge < -0.3 is 9.47 Å². The fraction of sp³-hybridized carbons (Fsp3) is 0.182. The van der Waals surface area contributed by atoms with Crippen LogP contribution in [0.5, 0.6) is 11.6 Å². The van der Waals surface area contributed by atoms with Crippen molar-refractivity contribution in [2.24, 2.45) is 0 Å². The van der Waals surface area contributed by atoms with Crippen molar-refractivity contribution in [2.75, 3.05) is 6.61 Å². The Morgan fingerprint density at radius 1 is 1.39 bits per heavy atom. The fourth-order valence-corrected chi connectivity index (χ4v) is 1.24. The summed E-state index contributed by atoms with van der Waals surface area (Å²) in [4.78, 5) is 11.5. The molecule has 0 atom stereocenters. The molecule has 7 heteroatoms. The highest BCUT2D eigenvalue weighted by molar-refractivity contribution is 5.89. The zero-order chi connectivity index (χ0) is 13.0. The van der Waals surface area contributed by atoms with Crippen molar-refractivity contribution in [1.29, 1.82) is 0 Å². The van der Waals surface area contributed by atoms with Crippen molar-refractivity contribution in [3.63, 3.8) is 0 Å². The quantitative estimate of drug-likeness (QED) is 0.840. The lowest BCUT2D eigenvalue weighted by molar-refractivity contribution is 0.0516. The standard InChI is InChI=1S/C11H10FN3O3/c1-2-17-11(16)9-10(14-15-13-9)18-8-5-3-7(12)4-6-8/h3-6H,2H2,1H3,(H,13,14,15). The average molecular weight is 251 g/mol. The van der Waals surface area contributed by atoms with E-state index in [-0.39, 0.29) is 24.0 Å². The Bertz CT molecular complexity index is 539. The molecule has 1 aromatic carbocycles. The van der Waals surface area contributed by atoms with Crippen molar-refractivity contribution in [2.45, 2.75) is 6.92 Å². The minimum atomic E-state index is -0.611. The minimum absolute atomic E-state index is 0.0138. The lowest BCUT2D eigenvalue weighted by Gasteiger charge is -2.03. The summed E-state index contributed by atoms with van der Waals surface area (Å²) in [5, 5.41) is 9.47. The van der Waals surface area contributed by atoms with Crippen LogP contribution in [0.3, 0.4) is 0 Å². The fourth-order valence-electron chi connectivity index (χ4n) is 1.24. The van der Waals surface area contributed by atoms with Gasteiger partial charge in [0, 0.05) is 0 Å². The summed E-state index contributed by atoms with van der Waals surface area (Å²) >= 11 is 0. The van der Waals surface area contributed by atoms with E-state index in [0.29, 0.717) is 5.75 Å². The van der Waals surface area contributed by atoms with Gasteiger partial charge in [0.2, 0.25) is 5.69 Å². The third kappa shape index (κ3) is 2.62. The molecule has 2 aromatic rings. The molecule has 1 heterocycles. The van der Waals surface area contributed by atoms with Crippen LogP contribution in [0.15, 0.2) is 24.3 Å². The Balaban J connectivity index is 2.17. The number of halogens is 1. The molecule has 0 aliphatic rings. The van der Waals surface area contributed by atoms with Gasteiger partial charge in [-0.25, -0.2) is 14.3 Å². The first-order chi connectivity index (χ1) is 8.70. The van der Waals surface area contributed by atoms with Gasteiger partial charge in [0.15, 0.2) is 0 Å². The number of aromatic amines is 1. The highest BCUT2D eigenvalue weighted by Crippen LogP contribution is 2.22. The zero-order valence-electron chi connectivity index (χ0n) is 9.51. The van der Waals surface area contributed by atoms with Crippen LogP contribution in [0.1, 0.15) is 17.4 Å². The van der Waals surface area contributed by atoms with Crippen LogP contribution >= 0.6 is 0 Å². The predicted octanol–water partition coefficient (Wildman–Crippen LogP) is 1.91. The summed E-state index contributed by atoms with van der Waals surface area (Å²) in [7, 11) is 0. The van der Waals surface area contributed by atoms with Crippen molar-refractivity contribution in [3.05, 3.63) is 35.8 Å². The van der Waals surface area contributed by atoms with E-state index in [9.17, 15) is 9.18 Å². The van der Waals surface area contributed by atoms with Crippen molar-refractivity contribution in [3.8, 4) is 11.6 Å². The second kappa shape index (κ2) is 5.26. The lowest BCUT2D eigenvalue weighted by atomic mass is 10.3. The lowest BCUT2D eigenvalue weighted by Crippen LogP contribution is -2.06. The molecule has 0 unspecified atom stereocenters. The zero-order valence-corrected chi connectivity index (χ0v) is 9.51. The molecule has 0 aliphatic heterocycles. The van der Waals surface area contributed by atoms with Gasteiger partial charge in [-0.1, -0.05) is 10.3 Å². The highest BCUT2D eigenvalue weighted by atomic mass is 19.1. The number of ether oxygens (including phenoxy) is 2. The molecular formula is C11H10FN3O3. The number of rotatable bonds is 4. The summed E-state index contributed by atoms with van der Waals surface area (Å²) in [6.07, 6.45) is 0. The molecule has 2 rings (SSSR count). The molecule has 18 heavy (non-hydrogen) atoms. The van der Waals surface area contributed by atoms with Gasteiger partial charge in [0.25, 0.3) is 5.88 Å². The third-order valence-electron chi connectivity index (χ3n) is 2.02. The Labute approximate surface area is 102 Å². The molecule has 0 saturated carbocycles. The van der Waals surface area contributed by atoms with Gasteiger partial charge in [0.05, 0.1) is 6.61 Å². The molecule has 0 fully saturated rings. The van der Waals surface area contributed by atoms with E-state index in [1.54, 1.807) is 6.92 Å². The van der Waals surface area contributed by atoms with Gasteiger partial charge in [-0.2, -0.15) is 0 Å². The van der Waals surface area contributed by atoms with Gasteiger partial charge in [-0.3, -0.25) is 0 Å². The van der Waals surface area contributed by atoms with Crippen molar-refractivity contribution in [1.82, 2.24) is 15.4 Å². The van der Waals surface area contributed by atoms with Gasteiger partial charge in [0.1, 0.15) is 11.6 Å². The minimum Gasteiger partial charge on any atom is -0.461 e. The number of aromatic nitrogens is 3. The number of H-pyrrole nitrogens is 1. The summed E-state index contributed by atoms with van der Waals surface area (Å²) in [6, 6.07) is 5.30. The van der Waals surface area contributed by atoms with Crippen LogP contribution in [0.2, 0.25) is 0 Å². The van der Waals surface area contributed by atoms with E-state index < -0.39 is 5.97 Å². The van der Waals surface area contributed by atoms with Gasteiger partial charge in [-0.05, 0) is 31.2 Å². The van der Waals surface area contributed by atoms with E-state index in [2.05, 4.69) is 15.4 Å². The molecule has 6 nitrogen and oxygen atoms in total. The Hall–Kier alpha value is -2.44. The number of carbonyl (C=O) groups is 1. The van der Waals surface area contributed by atoms with Crippen molar-refractivity contribution < 1.29 is 18.7 Å². The molecule has 0 aliphatic carbocycles. The number of nitrogens with zero attached hydrogens (tertiary/aromatic N) is 2. The maximum Gasteiger partial charge on any atom is 0.362 e. The summed E-state index contributed by atoms with van der Waals surface area (Å²) in [5.74, 6) is -0.663. The van der Waals surface area contributed by atoms with Gasteiger partial charge in [-0.15, -0.1) is 0 Å². The normalized spacial score (nSPS) is 10.1. The van der Waals surface area contributed by atoms with Crippen LogP contribution in [0, 0.1) is 5.82 Å². The van der Waals surface area contributed by atoms with Crippen LogP contribution in [0.25, 0.3) is 0 Å². The molecule has 0 bridgehead atoms. The molecule has 0 saturated heterocycles. The number of benzene rings is 1. The Morgan fingerprint density at radius 3 is 2.78 bits per heavy atom. The van der Waals surface area contributed by atoms with Crippen LogP contribution in [-0.2, 0) is 4.74 Å². The van der Waals surface area contributed by atoms with Crippen molar-refractivity contribution >= 4 is 5.97 Å². The molecular weight excluding hydrogens is 241 g/mol. The highest BCUT2D eigenvalue weighted by Gasteiger charge is 2.18.